The van der Waals surface area contributed by atoms with E-state index in [1.54, 1.807) is 0 Å². The zero-order valence-corrected chi connectivity index (χ0v) is 8.71. The van der Waals surface area contributed by atoms with Gasteiger partial charge in [-0.3, -0.25) is 0 Å². The predicted octanol–water partition coefficient (Wildman–Crippen LogP) is 1.18. The van der Waals surface area contributed by atoms with Crippen LogP contribution in [0.2, 0.25) is 0 Å². The van der Waals surface area contributed by atoms with E-state index in [4.69, 9.17) is 9.47 Å². The van der Waals surface area contributed by atoms with E-state index < -0.39 is 0 Å². The molecule has 0 saturated carbocycles. The summed E-state index contributed by atoms with van der Waals surface area (Å²) in [6, 6.07) is 0.664. The molecule has 0 aliphatic carbocycles. The van der Waals surface area contributed by atoms with Gasteiger partial charge >= 0.3 is 0 Å². The van der Waals surface area contributed by atoms with E-state index in [1.165, 1.54) is 6.42 Å². The molecule has 3 nitrogen and oxygen atoms in total. The molecular weight excluding hydrogens is 166 g/mol. The summed E-state index contributed by atoms with van der Waals surface area (Å²) >= 11 is 0. The Hall–Kier alpha value is -0.120. The number of hydrogen-bond acceptors (Lipinski definition) is 3. The van der Waals surface area contributed by atoms with Crippen molar-refractivity contribution in [3.8, 4) is 0 Å². The Morgan fingerprint density at radius 3 is 2.77 bits per heavy atom. The first kappa shape index (κ1) is 11.0. The molecule has 0 aromatic rings. The summed E-state index contributed by atoms with van der Waals surface area (Å²) in [6.45, 7) is 7.46. The molecule has 1 fully saturated rings. The molecule has 0 unspecified atom stereocenters. The van der Waals surface area contributed by atoms with Crippen LogP contribution in [0.3, 0.4) is 0 Å². The van der Waals surface area contributed by atoms with Gasteiger partial charge in [-0.05, 0) is 19.8 Å². The summed E-state index contributed by atoms with van der Waals surface area (Å²) in [6.07, 6.45) is 2.76. The Labute approximate surface area is 80.8 Å². The maximum atomic E-state index is 5.65. The van der Waals surface area contributed by atoms with Crippen LogP contribution in [0.15, 0.2) is 0 Å². The molecule has 2 atom stereocenters. The predicted molar refractivity (Wildman–Crippen MR) is 52.9 cm³/mol. The second-order valence-electron chi connectivity index (χ2n) is 3.44. The molecule has 1 saturated heterocycles. The van der Waals surface area contributed by atoms with Crippen molar-refractivity contribution in [2.24, 2.45) is 0 Å². The first-order chi connectivity index (χ1) is 6.36. The number of rotatable bonds is 6. The molecule has 0 aromatic carbocycles. The Bertz CT molecular complexity index is 130. The van der Waals surface area contributed by atoms with E-state index in [0.29, 0.717) is 12.1 Å². The molecule has 1 N–H and O–H groups in total. The van der Waals surface area contributed by atoms with Gasteiger partial charge < -0.3 is 14.8 Å². The zero-order valence-electron chi connectivity index (χ0n) is 8.71. The van der Waals surface area contributed by atoms with Gasteiger partial charge in [0.2, 0.25) is 0 Å². The van der Waals surface area contributed by atoms with Gasteiger partial charge in [0.1, 0.15) is 0 Å². The first-order valence-electron chi connectivity index (χ1n) is 5.29. The monoisotopic (exact) mass is 187 g/mol. The normalized spacial score (nSPS) is 28.2. The fraction of sp³-hybridized carbons (Fsp3) is 1.00. The van der Waals surface area contributed by atoms with E-state index in [1.807, 2.05) is 6.92 Å². The van der Waals surface area contributed by atoms with Gasteiger partial charge in [-0.15, -0.1) is 0 Å². The lowest BCUT2D eigenvalue weighted by Gasteiger charge is -2.10. The van der Waals surface area contributed by atoms with Gasteiger partial charge in [-0.2, -0.15) is 0 Å². The average Bonchev–Trinajstić information content (AvgIpc) is 2.60. The van der Waals surface area contributed by atoms with Crippen molar-refractivity contribution in [1.29, 1.82) is 0 Å². The summed E-state index contributed by atoms with van der Waals surface area (Å²) in [7, 11) is 0. The highest BCUT2D eigenvalue weighted by Crippen LogP contribution is 2.12. The molecule has 0 spiro atoms. The molecule has 0 radical (unpaired) electrons. The lowest BCUT2D eigenvalue weighted by Crippen LogP contribution is -2.21. The topological polar surface area (TPSA) is 30.5 Å². The minimum atomic E-state index is 0.408. The smallest absolute Gasteiger partial charge is 0.0715 e. The molecule has 1 aliphatic heterocycles. The number of ether oxygens (including phenoxy) is 2. The second-order valence-corrected chi connectivity index (χ2v) is 3.44. The fourth-order valence-corrected chi connectivity index (χ4v) is 1.64. The molecular formula is C10H21NO2. The highest BCUT2D eigenvalue weighted by molar-refractivity contribution is 4.80. The van der Waals surface area contributed by atoms with Crippen LogP contribution in [0.5, 0.6) is 0 Å². The lowest BCUT2D eigenvalue weighted by atomic mass is 10.1. The molecule has 0 bridgehead atoms. The Morgan fingerprint density at radius 1 is 1.31 bits per heavy atom. The lowest BCUT2D eigenvalue weighted by molar-refractivity contribution is 0.0152. The summed E-state index contributed by atoms with van der Waals surface area (Å²) in [5, 5.41) is 3.43. The molecule has 3 heteroatoms. The van der Waals surface area contributed by atoms with E-state index in [-0.39, 0.29) is 0 Å². The van der Waals surface area contributed by atoms with Gasteiger partial charge in [-0.25, -0.2) is 0 Å². The first-order valence-corrected chi connectivity index (χ1v) is 5.29. The Kier molecular flexibility index (Phi) is 5.35. The molecule has 1 rings (SSSR count). The molecule has 13 heavy (non-hydrogen) atoms. The molecule has 0 amide bonds. The van der Waals surface area contributed by atoms with E-state index >= 15 is 0 Å². The quantitative estimate of drug-likeness (QED) is 0.633. The molecule has 1 heterocycles. The van der Waals surface area contributed by atoms with Gasteiger partial charge in [0.25, 0.3) is 0 Å². The third kappa shape index (κ3) is 4.07. The van der Waals surface area contributed by atoms with Crippen LogP contribution in [-0.2, 0) is 9.47 Å². The van der Waals surface area contributed by atoms with Crippen molar-refractivity contribution >= 4 is 0 Å². The third-order valence-corrected chi connectivity index (χ3v) is 2.46. The van der Waals surface area contributed by atoms with Gasteiger partial charge in [0, 0.05) is 19.2 Å². The summed E-state index contributed by atoms with van der Waals surface area (Å²) < 4.78 is 10.9. The summed E-state index contributed by atoms with van der Waals surface area (Å²) in [4.78, 5) is 0. The maximum Gasteiger partial charge on any atom is 0.0715 e. The fourth-order valence-electron chi connectivity index (χ4n) is 1.64. The minimum absolute atomic E-state index is 0.408. The van der Waals surface area contributed by atoms with Crippen molar-refractivity contribution in [1.82, 2.24) is 5.32 Å². The van der Waals surface area contributed by atoms with Gasteiger partial charge in [0.15, 0.2) is 0 Å². The number of nitrogens with one attached hydrogen (secondary N) is 1. The van der Waals surface area contributed by atoms with E-state index in [0.717, 1.165) is 32.8 Å². The standard InChI is InChI=1S/C10H21NO2/c1-3-9-7-10(8-11-9)13-6-5-12-4-2/h9-11H,3-8H2,1-2H3/t9-,10-/m0/s1. The summed E-state index contributed by atoms with van der Waals surface area (Å²) in [5.41, 5.74) is 0. The minimum Gasteiger partial charge on any atom is -0.379 e. The van der Waals surface area contributed by atoms with Crippen molar-refractivity contribution in [2.75, 3.05) is 26.4 Å². The van der Waals surface area contributed by atoms with Crippen LogP contribution in [0.1, 0.15) is 26.7 Å². The van der Waals surface area contributed by atoms with Crippen LogP contribution in [0.4, 0.5) is 0 Å². The van der Waals surface area contributed by atoms with Crippen LogP contribution >= 0.6 is 0 Å². The summed E-state index contributed by atoms with van der Waals surface area (Å²) in [5.74, 6) is 0. The van der Waals surface area contributed by atoms with E-state index in [9.17, 15) is 0 Å². The van der Waals surface area contributed by atoms with Gasteiger partial charge in [-0.1, -0.05) is 6.92 Å². The van der Waals surface area contributed by atoms with Crippen molar-refractivity contribution in [3.63, 3.8) is 0 Å². The Morgan fingerprint density at radius 2 is 2.15 bits per heavy atom. The number of hydrogen-bond donors (Lipinski definition) is 1. The highest BCUT2D eigenvalue weighted by Gasteiger charge is 2.22. The largest absolute Gasteiger partial charge is 0.379 e. The van der Waals surface area contributed by atoms with Gasteiger partial charge in [0.05, 0.1) is 19.3 Å². The average molecular weight is 187 g/mol. The van der Waals surface area contributed by atoms with Crippen molar-refractivity contribution in [2.45, 2.75) is 38.8 Å². The van der Waals surface area contributed by atoms with Crippen LogP contribution in [0.25, 0.3) is 0 Å². The van der Waals surface area contributed by atoms with Crippen LogP contribution in [0, 0.1) is 0 Å². The van der Waals surface area contributed by atoms with Crippen molar-refractivity contribution < 1.29 is 9.47 Å². The zero-order chi connectivity index (χ0) is 9.52. The van der Waals surface area contributed by atoms with Crippen molar-refractivity contribution in [3.05, 3.63) is 0 Å². The molecule has 78 valence electrons. The molecule has 1 aliphatic rings. The van der Waals surface area contributed by atoms with Crippen LogP contribution in [-0.4, -0.2) is 38.5 Å². The molecule has 0 aromatic heterocycles. The second kappa shape index (κ2) is 6.35. The third-order valence-electron chi connectivity index (χ3n) is 2.46. The Balaban J connectivity index is 1.97. The SMILES string of the molecule is CCOCCO[C@@H]1CN[C@@H](CC)C1. The highest BCUT2D eigenvalue weighted by atomic mass is 16.5. The van der Waals surface area contributed by atoms with E-state index in [2.05, 4.69) is 12.2 Å². The maximum absolute atomic E-state index is 5.65. The van der Waals surface area contributed by atoms with Crippen LogP contribution < -0.4 is 5.32 Å².